The third kappa shape index (κ3) is 4.28. The Balaban J connectivity index is 1.44. The van der Waals surface area contributed by atoms with Crippen molar-refractivity contribution in [1.82, 2.24) is 4.90 Å². The number of piperidine rings is 1. The number of Topliss-reactive ketones (excluding diaryl/α,β-unsaturated/α-hetero) is 2. The maximum absolute atomic E-state index is 15.8. The normalized spacial score (nSPS) is 30.9. The van der Waals surface area contributed by atoms with Gasteiger partial charge >= 0.3 is 0 Å². The Labute approximate surface area is 247 Å². The monoisotopic (exact) mass is 597 g/mol. The molecule has 6 rings (SSSR count). The molecule has 1 saturated heterocycles. The lowest BCUT2D eigenvalue weighted by Gasteiger charge is -2.50. The molecular weight excluding hydrogens is 561 g/mol. The molecule has 1 aliphatic heterocycles. The molecule has 43 heavy (non-hydrogen) atoms. The minimum absolute atomic E-state index is 0.0680. The number of halogens is 1. The first-order valence-corrected chi connectivity index (χ1v) is 14.8. The van der Waals surface area contributed by atoms with Crippen molar-refractivity contribution in [2.24, 2.45) is 29.4 Å². The Kier molecular flexibility index (Phi) is 6.92. The Hall–Kier alpha value is -3.77. The SMILES string of the molecule is CN(C)[C@@H]1C(=O)C(C(N)=O)=C(O)[C@@]2(O)C(=O)C3=C(O)c4c(O)c(N5CCC[C@H](CCC6CC6)C5=O)cc(F)c4C[C@H]3C[C@@H]12. The van der Waals surface area contributed by atoms with Gasteiger partial charge in [0.05, 0.1) is 17.3 Å². The van der Waals surface area contributed by atoms with Gasteiger partial charge in [-0.05, 0) is 64.5 Å². The molecule has 2 saturated carbocycles. The first-order valence-electron chi connectivity index (χ1n) is 14.8. The van der Waals surface area contributed by atoms with Crippen LogP contribution in [0.2, 0.25) is 0 Å². The van der Waals surface area contributed by atoms with Crippen LogP contribution in [0.5, 0.6) is 5.75 Å². The molecule has 6 N–H and O–H groups in total. The molecule has 0 bridgehead atoms. The van der Waals surface area contributed by atoms with Crippen LogP contribution in [-0.2, 0) is 25.6 Å². The number of carbonyl (C=O) groups is 4. The van der Waals surface area contributed by atoms with Gasteiger partial charge in [0.25, 0.3) is 5.91 Å². The van der Waals surface area contributed by atoms with Gasteiger partial charge in [-0.2, -0.15) is 0 Å². The fourth-order valence-corrected chi connectivity index (χ4v) is 7.76. The molecular formula is C31H36FN3O8. The highest BCUT2D eigenvalue weighted by Crippen LogP contribution is 2.54. The van der Waals surface area contributed by atoms with Crippen molar-refractivity contribution in [3.63, 3.8) is 0 Å². The number of nitrogens with two attached hydrogens (primary N) is 1. The Morgan fingerprint density at radius 1 is 1.14 bits per heavy atom. The van der Waals surface area contributed by atoms with Crippen LogP contribution in [-0.4, -0.2) is 81.0 Å². The van der Waals surface area contributed by atoms with Gasteiger partial charge in [0.15, 0.2) is 17.1 Å². The molecule has 0 aromatic heterocycles. The van der Waals surface area contributed by atoms with Crippen molar-refractivity contribution in [1.29, 1.82) is 0 Å². The highest BCUT2D eigenvalue weighted by Gasteiger charge is 2.64. The third-order valence-electron chi connectivity index (χ3n) is 10.1. The highest BCUT2D eigenvalue weighted by molar-refractivity contribution is 6.24. The second-order valence-corrected chi connectivity index (χ2v) is 12.9. The van der Waals surface area contributed by atoms with E-state index in [0.717, 1.165) is 25.3 Å². The summed E-state index contributed by atoms with van der Waals surface area (Å²) in [6.45, 7) is 0.249. The average molecular weight is 598 g/mol. The van der Waals surface area contributed by atoms with Crippen molar-refractivity contribution in [2.75, 3.05) is 25.5 Å². The van der Waals surface area contributed by atoms with E-state index in [4.69, 9.17) is 5.73 Å². The summed E-state index contributed by atoms with van der Waals surface area (Å²) in [5.74, 6) is -8.67. The number of rotatable bonds is 6. The maximum Gasteiger partial charge on any atom is 0.255 e. The number of likely N-dealkylation sites (N-methyl/N-ethyl adjacent to an activating group) is 1. The summed E-state index contributed by atoms with van der Waals surface area (Å²) in [6.07, 6.45) is 5.02. The Bertz CT molecular complexity index is 1530. The number of ketones is 2. The van der Waals surface area contributed by atoms with Crippen LogP contribution in [0.1, 0.15) is 56.1 Å². The number of fused-ring (bicyclic) bond motifs is 3. The van der Waals surface area contributed by atoms with E-state index < -0.39 is 69.6 Å². The number of aliphatic hydroxyl groups is 3. The lowest BCUT2D eigenvalue weighted by molar-refractivity contribution is -0.153. The number of benzene rings is 1. The highest BCUT2D eigenvalue weighted by atomic mass is 19.1. The molecule has 1 aromatic rings. The van der Waals surface area contributed by atoms with Crippen LogP contribution >= 0.6 is 0 Å². The molecule has 3 fully saturated rings. The van der Waals surface area contributed by atoms with Crippen molar-refractivity contribution in [3.8, 4) is 5.75 Å². The number of hydrogen-bond donors (Lipinski definition) is 5. The third-order valence-corrected chi connectivity index (χ3v) is 10.1. The van der Waals surface area contributed by atoms with Gasteiger partial charge in [-0.1, -0.05) is 12.8 Å². The summed E-state index contributed by atoms with van der Waals surface area (Å²) >= 11 is 0. The van der Waals surface area contributed by atoms with E-state index in [-0.39, 0.29) is 53.6 Å². The summed E-state index contributed by atoms with van der Waals surface area (Å²) in [6, 6.07) is -0.147. The van der Waals surface area contributed by atoms with Crippen LogP contribution in [0.15, 0.2) is 23.0 Å². The molecule has 0 unspecified atom stereocenters. The lowest BCUT2D eigenvalue weighted by Crippen LogP contribution is -2.65. The molecule has 11 nitrogen and oxygen atoms in total. The number of phenolic OH excluding ortho intramolecular Hbond substituents is 1. The summed E-state index contributed by atoms with van der Waals surface area (Å²) in [5, 5.41) is 45.6. The molecule has 0 radical (unpaired) electrons. The molecule has 230 valence electrons. The second-order valence-electron chi connectivity index (χ2n) is 12.9. The van der Waals surface area contributed by atoms with Crippen molar-refractivity contribution in [3.05, 3.63) is 39.9 Å². The molecule has 1 aromatic carbocycles. The van der Waals surface area contributed by atoms with E-state index in [9.17, 15) is 39.6 Å². The Morgan fingerprint density at radius 3 is 2.47 bits per heavy atom. The van der Waals surface area contributed by atoms with E-state index in [1.54, 1.807) is 0 Å². The molecule has 0 spiro atoms. The van der Waals surface area contributed by atoms with Gasteiger partial charge in [0.2, 0.25) is 11.7 Å². The van der Waals surface area contributed by atoms with E-state index in [1.807, 2.05) is 0 Å². The maximum atomic E-state index is 15.8. The molecule has 2 amide bonds. The van der Waals surface area contributed by atoms with Crippen molar-refractivity contribution in [2.45, 2.75) is 63.0 Å². The van der Waals surface area contributed by atoms with E-state index in [1.165, 1.54) is 23.9 Å². The minimum atomic E-state index is -2.78. The summed E-state index contributed by atoms with van der Waals surface area (Å²) in [4.78, 5) is 55.5. The number of anilines is 1. The number of primary amides is 1. The van der Waals surface area contributed by atoms with Gasteiger partial charge in [0.1, 0.15) is 22.9 Å². The summed E-state index contributed by atoms with van der Waals surface area (Å²) in [5.41, 5.74) is 0.753. The zero-order valence-electron chi connectivity index (χ0n) is 24.1. The Morgan fingerprint density at radius 2 is 1.84 bits per heavy atom. The fraction of sp³-hybridized carbons (Fsp3) is 0.548. The van der Waals surface area contributed by atoms with Gasteiger partial charge < -0.3 is 31.1 Å². The topological polar surface area (TPSA) is 182 Å². The number of aliphatic hydroxyl groups excluding tert-OH is 2. The number of carbonyl (C=O) groups excluding carboxylic acids is 4. The van der Waals surface area contributed by atoms with Gasteiger partial charge in [-0.15, -0.1) is 0 Å². The first kappa shape index (κ1) is 29.3. The molecule has 1 heterocycles. The van der Waals surface area contributed by atoms with Crippen LogP contribution in [0.25, 0.3) is 5.76 Å². The van der Waals surface area contributed by atoms with Gasteiger partial charge in [-0.3, -0.25) is 24.1 Å². The first-order chi connectivity index (χ1) is 20.3. The lowest BCUT2D eigenvalue weighted by atomic mass is 9.57. The van der Waals surface area contributed by atoms with Crippen LogP contribution in [0.4, 0.5) is 10.1 Å². The number of aromatic hydroxyl groups is 1. The van der Waals surface area contributed by atoms with E-state index in [2.05, 4.69) is 0 Å². The van der Waals surface area contributed by atoms with Crippen molar-refractivity contribution < 1.29 is 44.0 Å². The predicted octanol–water partition coefficient (Wildman–Crippen LogP) is 2.04. The minimum Gasteiger partial charge on any atom is -0.508 e. The summed E-state index contributed by atoms with van der Waals surface area (Å²) < 4.78 is 15.8. The number of amides is 2. The number of hydrogen-bond acceptors (Lipinski definition) is 9. The van der Waals surface area contributed by atoms with E-state index >= 15 is 4.39 Å². The molecule has 5 atom stereocenters. The number of phenols is 1. The largest absolute Gasteiger partial charge is 0.508 e. The van der Waals surface area contributed by atoms with Gasteiger partial charge in [0, 0.05) is 35.6 Å². The van der Waals surface area contributed by atoms with Crippen molar-refractivity contribution >= 4 is 34.8 Å². The second kappa shape index (κ2) is 10.2. The van der Waals surface area contributed by atoms with E-state index in [0.29, 0.717) is 25.2 Å². The zero-order valence-corrected chi connectivity index (χ0v) is 24.1. The molecule has 4 aliphatic carbocycles. The van der Waals surface area contributed by atoms with Crippen LogP contribution in [0.3, 0.4) is 0 Å². The quantitative estimate of drug-likeness (QED) is 0.307. The fourth-order valence-electron chi connectivity index (χ4n) is 7.76. The standard InChI is InChI=1S/C31H36FN3O8/c1-34(2)23-17-11-15-10-16-18(32)12-19(35-9-3-4-14(30(35)42)8-7-13-5-6-13)24(36)21(16)25(37)20(15)27(39)31(17,43)28(40)22(26(23)38)29(33)41/h12-15,17,23,36-37,40,43H,3-11H2,1-2H3,(H2,33,41)/t14-,15+,17+,23+,31+/m1/s1. The molecule has 12 heteroatoms. The zero-order chi connectivity index (χ0) is 31.1. The molecule has 5 aliphatic rings. The van der Waals surface area contributed by atoms with Crippen LogP contribution in [0, 0.1) is 29.5 Å². The number of nitrogens with zero attached hydrogens (tertiary/aromatic N) is 2. The average Bonchev–Trinajstić information content (AvgIpc) is 3.76. The summed E-state index contributed by atoms with van der Waals surface area (Å²) in [7, 11) is 3.01. The van der Waals surface area contributed by atoms with Gasteiger partial charge in [-0.25, -0.2) is 4.39 Å². The smallest absolute Gasteiger partial charge is 0.255 e. The predicted molar refractivity (Wildman–Crippen MR) is 151 cm³/mol. The van der Waals surface area contributed by atoms with Crippen LogP contribution < -0.4 is 10.6 Å².